The molecule has 2 nitrogen and oxygen atoms in total. The number of hydrogen-bond donors (Lipinski definition) is 1. The normalized spacial score (nSPS) is 16.0. The van der Waals surface area contributed by atoms with E-state index in [1.165, 1.54) is 44.2 Å². The number of rotatable bonds is 7. The molecule has 0 aliphatic carbocycles. The van der Waals surface area contributed by atoms with Gasteiger partial charge in [-0.05, 0) is 42.5 Å². The molecule has 0 fully saturated rings. The van der Waals surface area contributed by atoms with E-state index in [0.29, 0.717) is 5.02 Å². The number of benzene rings is 2. The first kappa shape index (κ1) is 20.4. The third-order valence-corrected chi connectivity index (χ3v) is 7.23. The number of nitrogens with zero attached hydrogens (tertiary/aromatic N) is 1. The number of halogens is 1. The minimum atomic E-state index is 0.172. The van der Waals surface area contributed by atoms with Gasteiger partial charge in [0.2, 0.25) is 0 Å². The van der Waals surface area contributed by atoms with Crippen LogP contribution in [0.1, 0.15) is 52.4 Å². The van der Waals surface area contributed by atoms with E-state index in [1.807, 2.05) is 23.9 Å². The molecule has 0 radical (unpaired) electrons. The van der Waals surface area contributed by atoms with Crippen molar-refractivity contribution < 1.29 is 5.11 Å². The molecular formula is C23H30ClNOS. The number of anilines is 2. The summed E-state index contributed by atoms with van der Waals surface area (Å²) in [7, 11) is 0. The van der Waals surface area contributed by atoms with Gasteiger partial charge in [-0.2, -0.15) is 0 Å². The van der Waals surface area contributed by atoms with Crippen molar-refractivity contribution in [3.8, 4) is 5.75 Å². The monoisotopic (exact) mass is 403 g/mol. The first-order valence-electron chi connectivity index (χ1n) is 10.1. The fourth-order valence-corrected chi connectivity index (χ4v) is 5.44. The van der Waals surface area contributed by atoms with Crippen LogP contribution in [0.3, 0.4) is 0 Å². The van der Waals surface area contributed by atoms with Crippen molar-refractivity contribution in [2.75, 3.05) is 17.2 Å². The van der Waals surface area contributed by atoms with Crippen LogP contribution in [-0.4, -0.2) is 17.4 Å². The summed E-state index contributed by atoms with van der Waals surface area (Å²) in [6.07, 6.45) is 7.46. The first-order chi connectivity index (χ1) is 13.1. The van der Waals surface area contributed by atoms with Crippen LogP contribution in [0.25, 0.3) is 0 Å². The molecule has 1 aliphatic rings. The van der Waals surface area contributed by atoms with Gasteiger partial charge in [0.05, 0.1) is 10.7 Å². The van der Waals surface area contributed by atoms with E-state index >= 15 is 0 Å². The van der Waals surface area contributed by atoms with E-state index in [-0.39, 0.29) is 11.2 Å². The fourth-order valence-electron chi connectivity index (χ4n) is 3.93. The van der Waals surface area contributed by atoms with Crippen molar-refractivity contribution in [3.63, 3.8) is 0 Å². The number of thioether (sulfide) groups is 1. The van der Waals surface area contributed by atoms with Crippen LogP contribution in [-0.2, 0) is 0 Å². The molecule has 1 heterocycles. The van der Waals surface area contributed by atoms with Crippen LogP contribution >= 0.6 is 23.4 Å². The summed E-state index contributed by atoms with van der Waals surface area (Å²) >= 11 is 8.18. The van der Waals surface area contributed by atoms with Crippen LogP contribution in [0.4, 0.5) is 11.4 Å². The van der Waals surface area contributed by atoms with E-state index in [0.717, 1.165) is 22.9 Å². The lowest BCUT2D eigenvalue weighted by Gasteiger charge is -2.37. The minimum Gasteiger partial charge on any atom is -0.506 e. The van der Waals surface area contributed by atoms with Crippen LogP contribution in [0.2, 0.25) is 5.02 Å². The first-order valence-corrected chi connectivity index (χ1v) is 11.4. The van der Waals surface area contributed by atoms with E-state index in [2.05, 4.69) is 49.1 Å². The van der Waals surface area contributed by atoms with Crippen LogP contribution < -0.4 is 4.90 Å². The van der Waals surface area contributed by atoms with Gasteiger partial charge in [0.1, 0.15) is 5.75 Å². The summed E-state index contributed by atoms with van der Waals surface area (Å²) in [4.78, 5) is 3.54. The zero-order valence-corrected chi connectivity index (χ0v) is 18.0. The molecule has 3 rings (SSSR count). The number of aromatic hydroxyl groups is 1. The smallest absolute Gasteiger partial charge is 0.135 e. The highest BCUT2D eigenvalue weighted by molar-refractivity contribution is 7.99. The van der Waals surface area contributed by atoms with Crippen molar-refractivity contribution in [2.24, 2.45) is 5.41 Å². The lowest BCUT2D eigenvalue weighted by molar-refractivity contribution is 0.274. The minimum absolute atomic E-state index is 0.172. The van der Waals surface area contributed by atoms with Gasteiger partial charge >= 0.3 is 0 Å². The van der Waals surface area contributed by atoms with Crippen molar-refractivity contribution in [1.82, 2.24) is 0 Å². The Hall–Kier alpha value is -1.32. The predicted octanol–water partition coefficient (Wildman–Crippen LogP) is 7.66. The molecule has 1 aliphatic heterocycles. The number of unbranched alkanes of at least 4 members (excludes halogenated alkanes) is 2. The molecule has 4 heteroatoms. The lowest BCUT2D eigenvalue weighted by Crippen LogP contribution is -2.36. The molecule has 0 bridgehead atoms. The largest absolute Gasteiger partial charge is 0.506 e. The average Bonchev–Trinajstić information content (AvgIpc) is 2.84. The Morgan fingerprint density at radius 1 is 1.07 bits per heavy atom. The molecule has 0 amide bonds. The second-order valence-corrected chi connectivity index (χ2v) is 9.11. The van der Waals surface area contributed by atoms with Crippen molar-refractivity contribution >= 4 is 34.7 Å². The van der Waals surface area contributed by atoms with Crippen LogP contribution in [0.15, 0.2) is 47.4 Å². The Morgan fingerprint density at radius 3 is 2.37 bits per heavy atom. The predicted molar refractivity (Wildman–Crippen MR) is 119 cm³/mol. The highest BCUT2D eigenvalue weighted by Gasteiger charge is 2.36. The maximum Gasteiger partial charge on any atom is 0.135 e. The summed E-state index contributed by atoms with van der Waals surface area (Å²) in [5.41, 5.74) is 2.58. The van der Waals surface area contributed by atoms with Crippen LogP contribution in [0, 0.1) is 5.41 Å². The zero-order valence-electron chi connectivity index (χ0n) is 16.4. The molecule has 0 saturated carbocycles. The standard InChI is InChI=1S/C23H30ClNOS/c1-3-5-12-23(13-6-4-2)16-25(18-10-8-7-9-11-18)20-14-19(24)21(26)15-22(20)27-17-23/h7-11,14-15,26H,3-6,12-13,16-17H2,1-2H3. The summed E-state index contributed by atoms with van der Waals surface area (Å²) in [5, 5.41) is 10.6. The average molecular weight is 404 g/mol. The maximum absolute atomic E-state index is 10.2. The fraction of sp³-hybridized carbons (Fsp3) is 0.478. The van der Waals surface area contributed by atoms with Crippen molar-refractivity contribution in [2.45, 2.75) is 57.3 Å². The second kappa shape index (κ2) is 9.25. The SMILES string of the molecule is CCCCC1(CCCC)CSc2cc(O)c(Cl)cc2N(c2ccccc2)C1. The summed E-state index contributed by atoms with van der Waals surface area (Å²) in [6.45, 7) is 5.55. The highest BCUT2D eigenvalue weighted by atomic mass is 35.5. The Bertz CT molecular complexity index is 742. The molecule has 0 saturated heterocycles. The van der Waals surface area contributed by atoms with Gasteiger partial charge in [-0.3, -0.25) is 0 Å². The quantitative estimate of drug-likeness (QED) is 0.513. The Balaban J connectivity index is 2.06. The summed E-state index contributed by atoms with van der Waals surface area (Å²) < 4.78 is 0. The molecule has 0 spiro atoms. The van der Waals surface area contributed by atoms with E-state index in [1.54, 1.807) is 0 Å². The van der Waals surface area contributed by atoms with E-state index in [4.69, 9.17) is 11.6 Å². The molecular weight excluding hydrogens is 374 g/mol. The van der Waals surface area contributed by atoms with Gasteiger partial charge in [0, 0.05) is 22.9 Å². The van der Waals surface area contributed by atoms with Gasteiger partial charge in [-0.15, -0.1) is 11.8 Å². The molecule has 146 valence electrons. The third kappa shape index (κ3) is 4.75. The molecule has 0 unspecified atom stereocenters. The van der Waals surface area contributed by atoms with Gasteiger partial charge < -0.3 is 10.0 Å². The van der Waals surface area contributed by atoms with Gasteiger partial charge in [-0.1, -0.05) is 69.3 Å². The third-order valence-electron chi connectivity index (χ3n) is 5.54. The van der Waals surface area contributed by atoms with Crippen molar-refractivity contribution in [1.29, 1.82) is 0 Å². The number of phenols is 1. The number of hydrogen-bond acceptors (Lipinski definition) is 3. The molecule has 2 aromatic rings. The lowest BCUT2D eigenvalue weighted by atomic mass is 9.79. The number of phenolic OH excluding ortho intramolecular Hbond substituents is 1. The van der Waals surface area contributed by atoms with E-state index in [9.17, 15) is 5.11 Å². The summed E-state index contributed by atoms with van der Waals surface area (Å²) in [6, 6.07) is 14.4. The molecule has 2 aromatic carbocycles. The van der Waals surface area contributed by atoms with Gasteiger partial charge in [-0.25, -0.2) is 0 Å². The van der Waals surface area contributed by atoms with E-state index < -0.39 is 0 Å². The Kier molecular flexibility index (Phi) is 6.99. The highest BCUT2D eigenvalue weighted by Crippen LogP contribution is 2.49. The van der Waals surface area contributed by atoms with Crippen LogP contribution in [0.5, 0.6) is 5.75 Å². The zero-order chi connectivity index (χ0) is 19.3. The number of fused-ring (bicyclic) bond motifs is 1. The summed E-state index contributed by atoms with van der Waals surface area (Å²) in [5.74, 6) is 1.26. The molecule has 0 atom stereocenters. The number of para-hydroxylation sites is 1. The van der Waals surface area contributed by atoms with Gasteiger partial charge in [0.15, 0.2) is 0 Å². The second-order valence-electron chi connectivity index (χ2n) is 7.69. The molecule has 0 aromatic heterocycles. The Labute approximate surface area is 172 Å². The Morgan fingerprint density at radius 2 is 1.74 bits per heavy atom. The molecule has 1 N–H and O–H groups in total. The maximum atomic E-state index is 10.2. The van der Waals surface area contributed by atoms with Gasteiger partial charge in [0.25, 0.3) is 0 Å². The molecule has 27 heavy (non-hydrogen) atoms. The topological polar surface area (TPSA) is 23.5 Å². The van der Waals surface area contributed by atoms with Crippen molar-refractivity contribution in [3.05, 3.63) is 47.5 Å².